The first-order chi connectivity index (χ1) is 6.66. The number of rotatable bonds is 4. The number of aromatic hydroxyl groups is 1. The molecule has 0 atom stereocenters. The number of methoxy groups -OCH3 is 1. The van der Waals surface area contributed by atoms with Gasteiger partial charge in [0.25, 0.3) is 0 Å². The number of phenols is 1. The Morgan fingerprint density at radius 3 is 2.79 bits per heavy atom. The number of hydrogen-bond donors (Lipinski definition) is 1. The van der Waals surface area contributed by atoms with Crippen LogP contribution in [0.1, 0.15) is 11.1 Å². The van der Waals surface area contributed by atoms with Crippen LogP contribution in [0.15, 0.2) is 16.6 Å². The third-order valence-electron chi connectivity index (χ3n) is 1.96. The van der Waals surface area contributed by atoms with Gasteiger partial charge in [0.15, 0.2) is 0 Å². The third-order valence-corrected chi connectivity index (χ3v) is 2.81. The Labute approximate surface area is 91.8 Å². The predicted octanol–water partition coefficient (Wildman–Crippen LogP) is 2.58. The molecule has 0 unspecified atom stereocenters. The topological polar surface area (TPSA) is 38.7 Å². The first-order valence-corrected chi connectivity index (χ1v) is 4.99. The zero-order valence-electron chi connectivity index (χ0n) is 8.21. The van der Waals surface area contributed by atoms with E-state index in [0.29, 0.717) is 6.61 Å². The highest BCUT2D eigenvalue weighted by atomic mass is 79.9. The van der Waals surface area contributed by atoms with Crippen LogP contribution >= 0.6 is 15.9 Å². The summed E-state index contributed by atoms with van der Waals surface area (Å²) in [6, 6.07) is 3.45. The normalized spacial score (nSPS) is 10.5. The highest BCUT2D eigenvalue weighted by Gasteiger charge is 2.07. The zero-order valence-corrected chi connectivity index (χ0v) is 9.80. The van der Waals surface area contributed by atoms with Crippen LogP contribution in [0.2, 0.25) is 0 Å². The van der Waals surface area contributed by atoms with Crippen LogP contribution in [0, 0.1) is 6.92 Å². The number of halogens is 1. The second kappa shape index (κ2) is 5.34. The van der Waals surface area contributed by atoms with E-state index in [-0.39, 0.29) is 12.5 Å². The average molecular weight is 261 g/mol. The lowest BCUT2D eigenvalue weighted by atomic mass is 10.1. The fourth-order valence-corrected chi connectivity index (χ4v) is 1.49. The minimum absolute atomic E-state index is 0.228. The van der Waals surface area contributed by atoms with E-state index in [1.54, 1.807) is 13.2 Å². The van der Waals surface area contributed by atoms with E-state index in [9.17, 15) is 5.11 Å². The lowest BCUT2D eigenvalue weighted by Crippen LogP contribution is -1.99. The lowest BCUT2D eigenvalue weighted by molar-refractivity contribution is -0.0396. The van der Waals surface area contributed by atoms with Crippen molar-refractivity contribution in [3.05, 3.63) is 27.7 Å². The summed E-state index contributed by atoms with van der Waals surface area (Å²) >= 11 is 3.39. The molecule has 0 saturated heterocycles. The fraction of sp³-hybridized carbons (Fsp3) is 0.400. The lowest BCUT2D eigenvalue weighted by Gasteiger charge is -2.10. The first kappa shape index (κ1) is 11.5. The molecule has 14 heavy (non-hydrogen) atoms. The van der Waals surface area contributed by atoms with E-state index < -0.39 is 0 Å². The molecule has 1 aromatic carbocycles. The molecule has 0 aliphatic rings. The molecule has 1 N–H and O–H groups in total. The molecule has 0 amide bonds. The number of benzene rings is 1. The summed E-state index contributed by atoms with van der Waals surface area (Å²) in [6.45, 7) is 2.51. The van der Waals surface area contributed by atoms with Gasteiger partial charge < -0.3 is 14.6 Å². The smallest absolute Gasteiger partial charge is 0.146 e. The largest absolute Gasteiger partial charge is 0.508 e. The molecule has 0 aliphatic carbocycles. The van der Waals surface area contributed by atoms with Gasteiger partial charge in [-0.25, -0.2) is 0 Å². The van der Waals surface area contributed by atoms with Gasteiger partial charge in [-0.15, -0.1) is 0 Å². The molecule has 1 rings (SSSR count). The molecule has 0 bridgehead atoms. The Bertz CT molecular complexity index is 312. The van der Waals surface area contributed by atoms with Crippen molar-refractivity contribution in [1.82, 2.24) is 0 Å². The maximum absolute atomic E-state index is 9.57. The molecular weight excluding hydrogens is 248 g/mol. The monoisotopic (exact) mass is 260 g/mol. The molecule has 0 heterocycles. The molecule has 4 heteroatoms. The molecule has 3 nitrogen and oxygen atoms in total. The standard InChI is InChI=1S/C10H13BrO3/c1-7-8(5-14-6-13-2)10(12)4-3-9(7)11/h3-4,12H,5-6H2,1-2H3. The van der Waals surface area contributed by atoms with E-state index in [2.05, 4.69) is 15.9 Å². The Morgan fingerprint density at radius 2 is 2.14 bits per heavy atom. The number of phenolic OH excluding ortho intramolecular Hbond substituents is 1. The molecule has 0 aliphatic heterocycles. The molecule has 78 valence electrons. The maximum Gasteiger partial charge on any atom is 0.146 e. The van der Waals surface area contributed by atoms with Crippen LogP contribution in [0.25, 0.3) is 0 Å². The Hall–Kier alpha value is -0.580. The van der Waals surface area contributed by atoms with Crippen molar-refractivity contribution >= 4 is 15.9 Å². The summed E-state index contributed by atoms with van der Waals surface area (Å²) in [7, 11) is 1.56. The van der Waals surface area contributed by atoms with Crippen LogP contribution < -0.4 is 0 Å². The van der Waals surface area contributed by atoms with Gasteiger partial charge in [-0.1, -0.05) is 15.9 Å². The second-order valence-electron chi connectivity index (χ2n) is 2.93. The van der Waals surface area contributed by atoms with Crippen molar-refractivity contribution in [2.24, 2.45) is 0 Å². The van der Waals surface area contributed by atoms with Gasteiger partial charge in [-0.3, -0.25) is 0 Å². The van der Waals surface area contributed by atoms with Gasteiger partial charge in [0.1, 0.15) is 12.5 Å². The molecule has 0 spiro atoms. The van der Waals surface area contributed by atoms with E-state index in [1.165, 1.54) is 0 Å². The van der Waals surface area contributed by atoms with Crippen molar-refractivity contribution in [2.45, 2.75) is 13.5 Å². The molecule has 0 saturated carbocycles. The van der Waals surface area contributed by atoms with Crippen molar-refractivity contribution in [3.63, 3.8) is 0 Å². The highest BCUT2D eigenvalue weighted by Crippen LogP contribution is 2.27. The summed E-state index contributed by atoms with van der Waals surface area (Å²) in [5.74, 6) is 0.252. The van der Waals surface area contributed by atoms with E-state index in [4.69, 9.17) is 9.47 Å². The Morgan fingerprint density at radius 1 is 1.43 bits per heavy atom. The summed E-state index contributed by atoms with van der Waals surface area (Å²) in [5.41, 5.74) is 1.78. The van der Waals surface area contributed by atoms with E-state index in [1.807, 2.05) is 13.0 Å². The van der Waals surface area contributed by atoms with Crippen molar-refractivity contribution < 1.29 is 14.6 Å². The Balaban J connectivity index is 2.79. The first-order valence-electron chi connectivity index (χ1n) is 4.20. The summed E-state index contributed by atoms with van der Waals surface area (Å²) in [6.07, 6.45) is 0. The highest BCUT2D eigenvalue weighted by molar-refractivity contribution is 9.10. The summed E-state index contributed by atoms with van der Waals surface area (Å²) < 4.78 is 10.9. The molecule has 1 aromatic rings. The van der Waals surface area contributed by atoms with Gasteiger partial charge in [-0.05, 0) is 24.6 Å². The SMILES string of the molecule is COCOCc1c(O)ccc(Br)c1C. The third kappa shape index (κ3) is 2.70. The average Bonchev–Trinajstić information content (AvgIpc) is 2.18. The van der Waals surface area contributed by atoms with Gasteiger partial charge in [-0.2, -0.15) is 0 Å². The van der Waals surface area contributed by atoms with Crippen LogP contribution in [0.5, 0.6) is 5.75 Å². The summed E-state index contributed by atoms with van der Waals surface area (Å²) in [5, 5.41) is 9.57. The zero-order chi connectivity index (χ0) is 10.6. The molecule has 0 fully saturated rings. The van der Waals surface area contributed by atoms with Gasteiger partial charge in [0.2, 0.25) is 0 Å². The molecule has 0 aromatic heterocycles. The molecule has 0 radical (unpaired) electrons. The number of ether oxygens (including phenoxy) is 2. The van der Waals surface area contributed by atoms with Crippen molar-refractivity contribution in [3.8, 4) is 5.75 Å². The Kier molecular flexibility index (Phi) is 4.38. The maximum atomic E-state index is 9.57. The van der Waals surface area contributed by atoms with Crippen molar-refractivity contribution in [1.29, 1.82) is 0 Å². The van der Waals surface area contributed by atoms with Gasteiger partial charge in [0.05, 0.1) is 6.61 Å². The van der Waals surface area contributed by atoms with Crippen LogP contribution in [0.3, 0.4) is 0 Å². The second-order valence-corrected chi connectivity index (χ2v) is 3.78. The summed E-state index contributed by atoms with van der Waals surface area (Å²) in [4.78, 5) is 0. The van der Waals surface area contributed by atoms with E-state index in [0.717, 1.165) is 15.6 Å². The van der Waals surface area contributed by atoms with Crippen LogP contribution in [-0.4, -0.2) is 19.0 Å². The minimum Gasteiger partial charge on any atom is -0.508 e. The van der Waals surface area contributed by atoms with Crippen molar-refractivity contribution in [2.75, 3.05) is 13.9 Å². The fourth-order valence-electron chi connectivity index (χ4n) is 1.12. The minimum atomic E-state index is 0.228. The van der Waals surface area contributed by atoms with Gasteiger partial charge in [0, 0.05) is 17.1 Å². The van der Waals surface area contributed by atoms with E-state index >= 15 is 0 Å². The van der Waals surface area contributed by atoms with Gasteiger partial charge >= 0.3 is 0 Å². The number of hydrogen-bond acceptors (Lipinski definition) is 3. The van der Waals surface area contributed by atoms with Crippen LogP contribution in [0.4, 0.5) is 0 Å². The predicted molar refractivity (Wildman–Crippen MR) is 57.2 cm³/mol. The molecular formula is C10H13BrO3. The quantitative estimate of drug-likeness (QED) is 0.668. The van der Waals surface area contributed by atoms with Crippen LogP contribution in [-0.2, 0) is 16.1 Å².